The number of ether oxygens (including phenoxy) is 2. The second-order valence-electron chi connectivity index (χ2n) is 12.9. The summed E-state index contributed by atoms with van der Waals surface area (Å²) < 4.78 is 12.9. The second kappa shape index (κ2) is 22.1. The van der Waals surface area contributed by atoms with E-state index in [0.717, 1.165) is 54.6 Å². The fourth-order valence-electron chi connectivity index (χ4n) is 6.06. The molecule has 6 nitrogen and oxygen atoms in total. The van der Waals surface area contributed by atoms with E-state index in [9.17, 15) is 9.90 Å². The van der Waals surface area contributed by atoms with Gasteiger partial charge in [0.15, 0.2) is 6.29 Å². The van der Waals surface area contributed by atoms with Gasteiger partial charge >= 0.3 is 0 Å². The van der Waals surface area contributed by atoms with Crippen LogP contribution in [0, 0.1) is 0 Å². The molecule has 1 aliphatic heterocycles. The van der Waals surface area contributed by atoms with E-state index in [1.165, 1.54) is 70.6 Å². The lowest BCUT2D eigenvalue weighted by atomic mass is 9.99. The lowest BCUT2D eigenvalue weighted by molar-refractivity contribution is -0.252. The molecule has 1 heterocycles. The molecular weight excluding hydrogens is 560 g/mol. The van der Waals surface area contributed by atoms with Crippen molar-refractivity contribution in [1.29, 1.82) is 0 Å². The highest BCUT2D eigenvalue weighted by molar-refractivity contribution is 5.75. The van der Waals surface area contributed by atoms with Crippen molar-refractivity contribution in [2.45, 2.75) is 135 Å². The molecule has 1 amide bonds. The van der Waals surface area contributed by atoms with Crippen molar-refractivity contribution >= 4 is 5.91 Å². The molecular formula is C39H60N2O4. The molecule has 0 bridgehead atoms. The number of benzene rings is 2. The monoisotopic (exact) mass is 620 g/mol. The average Bonchev–Trinajstić information content (AvgIpc) is 3.06. The van der Waals surface area contributed by atoms with Crippen molar-refractivity contribution in [1.82, 2.24) is 10.2 Å². The Morgan fingerprint density at radius 1 is 0.844 bits per heavy atom. The highest BCUT2D eigenvalue weighted by atomic mass is 16.7. The highest BCUT2D eigenvalue weighted by Gasteiger charge is 2.32. The van der Waals surface area contributed by atoms with E-state index in [1.54, 1.807) is 0 Å². The number of unbranched alkanes of at least 4 members (excludes halogenated alkanes) is 12. The first-order valence-electron chi connectivity index (χ1n) is 17.7. The lowest BCUT2D eigenvalue weighted by Crippen LogP contribution is -2.37. The quantitative estimate of drug-likeness (QED) is 0.0959. The molecule has 45 heavy (non-hydrogen) atoms. The minimum absolute atomic E-state index is 0.000267. The van der Waals surface area contributed by atoms with E-state index in [4.69, 9.17) is 9.47 Å². The molecule has 1 saturated heterocycles. The molecule has 0 aliphatic carbocycles. The van der Waals surface area contributed by atoms with Crippen molar-refractivity contribution in [3.8, 4) is 0 Å². The smallest absolute Gasteiger partial charge is 0.220 e. The van der Waals surface area contributed by atoms with Crippen LogP contribution >= 0.6 is 0 Å². The Bertz CT molecular complexity index is 1070. The molecule has 250 valence electrons. The van der Waals surface area contributed by atoms with E-state index >= 15 is 0 Å². The lowest BCUT2D eigenvalue weighted by Gasteiger charge is -2.37. The number of hydrogen-bond donors (Lipinski definition) is 2. The number of amides is 1. The normalized spacial score (nSPS) is 18.3. The Balaban J connectivity index is 1.37. The number of nitrogens with one attached hydrogen (secondary N) is 1. The maximum atomic E-state index is 12.4. The van der Waals surface area contributed by atoms with Gasteiger partial charge in [0.05, 0.1) is 18.8 Å². The van der Waals surface area contributed by atoms with Crippen LogP contribution in [0.15, 0.2) is 61.2 Å². The van der Waals surface area contributed by atoms with Crippen molar-refractivity contribution in [3.05, 3.63) is 83.4 Å². The number of carbonyl (C=O) groups is 1. The van der Waals surface area contributed by atoms with Gasteiger partial charge in [0.2, 0.25) is 5.91 Å². The standard InChI is InChI=1S/C39H60N2O4/c1-4-6-7-8-9-10-11-12-13-14-15-16-17-18-38(43)40-29-32-19-25-35(26-20-32)39-44-36(30-41(3)27-5-2)28-37(45-39)34-23-21-33(31-42)22-24-34/h5,19-26,36-37,39,42H,2,4,6-18,27-31H2,1,3H3,(H,40,43)/t36-,37+,39?/m0/s1. The number of nitrogens with zero attached hydrogens (tertiary/aromatic N) is 1. The van der Waals surface area contributed by atoms with Gasteiger partial charge in [0, 0.05) is 38.0 Å². The molecule has 1 fully saturated rings. The van der Waals surface area contributed by atoms with Gasteiger partial charge in [0.25, 0.3) is 0 Å². The van der Waals surface area contributed by atoms with Gasteiger partial charge in [-0.3, -0.25) is 4.79 Å². The summed E-state index contributed by atoms with van der Waals surface area (Å²) in [4.78, 5) is 14.6. The Kier molecular flexibility index (Phi) is 18.1. The molecule has 2 N–H and O–H groups in total. The van der Waals surface area contributed by atoms with Gasteiger partial charge in [-0.25, -0.2) is 0 Å². The number of aliphatic hydroxyl groups is 1. The zero-order valence-corrected chi connectivity index (χ0v) is 28.2. The fraction of sp³-hybridized carbons (Fsp3) is 0.615. The zero-order valence-electron chi connectivity index (χ0n) is 28.2. The molecule has 0 radical (unpaired) electrons. The summed E-state index contributed by atoms with van der Waals surface area (Å²) in [6.45, 7) is 8.25. The van der Waals surface area contributed by atoms with Gasteiger partial charge in [-0.2, -0.15) is 0 Å². The molecule has 2 aromatic carbocycles. The summed E-state index contributed by atoms with van der Waals surface area (Å²) >= 11 is 0. The largest absolute Gasteiger partial charge is 0.392 e. The molecule has 0 spiro atoms. The molecule has 1 unspecified atom stereocenters. The third-order valence-corrected chi connectivity index (χ3v) is 8.82. The topological polar surface area (TPSA) is 71.0 Å². The predicted molar refractivity (Wildman–Crippen MR) is 185 cm³/mol. The van der Waals surface area contributed by atoms with Crippen LogP contribution in [0.2, 0.25) is 0 Å². The maximum Gasteiger partial charge on any atom is 0.220 e. The third kappa shape index (κ3) is 14.6. The van der Waals surface area contributed by atoms with Crippen molar-refractivity contribution < 1.29 is 19.4 Å². The van der Waals surface area contributed by atoms with Crippen LogP contribution < -0.4 is 5.32 Å². The van der Waals surface area contributed by atoms with E-state index in [-0.39, 0.29) is 24.7 Å². The number of aliphatic hydroxyl groups excluding tert-OH is 1. The first-order valence-corrected chi connectivity index (χ1v) is 17.7. The first kappa shape index (κ1) is 37.0. The zero-order chi connectivity index (χ0) is 32.1. The highest BCUT2D eigenvalue weighted by Crippen LogP contribution is 2.38. The molecule has 2 aromatic rings. The minimum atomic E-state index is -0.484. The summed E-state index contributed by atoms with van der Waals surface area (Å²) in [7, 11) is 2.07. The number of carbonyl (C=O) groups excluding carboxylic acids is 1. The molecule has 3 atom stereocenters. The van der Waals surface area contributed by atoms with Crippen LogP contribution in [0.5, 0.6) is 0 Å². The van der Waals surface area contributed by atoms with Crippen LogP contribution in [-0.2, 0) is 27.4 Å². The molecule has 3 rings (SSSR count). The van der Waals surface area contributed by atoms with Crippen molar-refractivity contribution in [3.63, 3.8) is 0 Å². The Labute approximate surface area is 273 Å². The SMILES string of the molecule is C=CCN(C)C[C@@H]1C[C@H](c2ccc(CO)cc2)OC(c2ccc(CNC(=O)CCCCCCCCCCCCCCC)cc2)O1. The summed E-state index contributed by atoms with van der Waals surface area (Å²) in [5.41, 5.74) is 3.99. The Hall–Kier alpha value is -2.51. The molecule has 6 heteroatoms. The van der Waals surface area contributed by atoms with Gasteiger partial charge in [-0.1, -0.05) is 139 Å². The summed E-state index contributed by atoms with van der Waals surface area (Å²) in [5.74, 6) is 0.127. The van der Waals surface area contributed by atoms with Gasteiger partial charge in [-0.15, -0.1) is 6.58 Å². The summed E-state index contributed by atoms with van der Waals surface area (Å²) in [6.07, 6.45) is 19.7. The maximum absolute atomic E-state index is 12.4. The van der Waals surface area contributed by atoms with E-state index in [1.807, 2.05) is 54.6 Å². The van der Waals surface area contributed by atoms with Gasteiger partial charge in [0.1, 0.15) is 0 Å². The number of hydrogen-bond acceptors (Lipinski definition) is 5. The summed E-state index contributed by atoms with van der Waals surface area (Å²) in [5, 5.41) is 12.5. The van der Waals surface area contributed by atoms with Crippen LogP contribution in [0.3, 0.4) is 0 Å². The minimum Gasteiger partial charge on any atom is -0.392 e. The van der Waals surface area contributed by atoms with E-state index in [0.29, 0.717) is 13.0 Å². The molecule has 0 aromatic heterocycles. The van der Waals surface area contributed by atoms with Crippen molar-refractivity contribution in [2.24, 2.45) is 0 Å². The van der Waals surface area contributed by atoms with Crippen LogP contribution in [0.25, 0.3) is 0 Å². The van der Waals surface area contributed by atoms with Crippen molar-refractivity contribution in [2.75, 3.05) is 20.1 Å². The van der Waals surface area contributed by atoms with Gasteiger partial charge in [-0.05, 0) is 30.2 Å². The number of rotatable bonds is 23. The third-order valence-electron chi connectivity index (χ3n) is 8.82. The molecule has 1 aliphatic rings. The van der Waals surface area contributed by atoms with Gasteiger partial charge < -0.3 is 24.8 Å². The fourth-order valence-corrected chi connectivity index (χ4v) is 6.06. The Morgan fingerprint density at radius 2 is 1.40 bits per heavy atom. The number of likely N-dealkylation sites (N-methyl/N-ethyl adjacent to an activating group) is 1. The van der Waals surface area contributed by atoms with Crippen LogP contribution in [0.4, 0.5) is 0 Å². The van der Waals surface area contributed by atoms with E-state index < -0.39 is 6.29 Å². The summed E-state index contributed by atoms with van der Waals surface area (Å²) in [6, 6.07) is 16.1. The van der Waals surface area contributed by atoms with E-state index in [2.05, 4.69) is 30.8 Å². The Morgan fingerprint density at radius 3 is 1.98 bits per heavy atom. The molecule has 0 saturated carbocycles. The first-order chi connectivity index (χ1) is 22.0. The average molecular weight is 621 g/mol. The van der Waals surface area contributed by atoms with Crippen LogP contribution in [-0.4, -0.2) is 42.2 Å². The van der Waals surface area contributed by atoms with Crippen LogP contribution in [0.1, 0.15) is 138 Å². The second-order valence-corrected chi connectivity index (χ2v) is 12.9. The predicted octanol–water partition coefficient (Wildman–Crippen LogP) is 8.94.